The molecule has 0 radical (unpaired) electrons. The second-order valence-electron chi connectivity index (χ2n) is 6.76. The van der Waals surface area contributed by atoms with Crippen molar-refractivity contribution >= 4 is 38.8 Å². The molecule has 0 bridgehead atoms. The van der Waals surface area contributed by atoms with Crippen LogP contribution in [0.5, 0.6) is 0 Å². The summed E-state index contributed by atoms with van der Waals surface area (Å²) >= 11 is 1.34. The van der Waals surface area contributed by atoms with Gasteiger partial charge in [-0.25, -0.2) is 18.1 Å². The molecule has 1 aromatic rings. The Balaban J connectivity index is 2.00. The summed E-state index contributed by atoms with van der Waals surface area (Å²) in [4.78, 5) is 25.7. The molecule has 1 aromatic carbocycles. The summed E-state index contributed by atoms with van der Waals surface area (Å²) in [6, 6.07) is 9.41. The van der Waals surface area contributed by atoms with Crippen molar-refractivity contribution in [3.63, 3.8) is 0 Å². The molecule has 0 spiro atoms. The zero-order chi connectivity index (χ0) is 20.4. The van der Waals surface area contributed by atoms with Crippen molar-refractivity contribution in [3.8, 4) is 0 Å². The lowest BCUT2D eigenvalue weighted by atomic mass is 10.0. The van der Waals surface area contributed by atoms with Crippen molar-refractivity contribution in [2.24, 2.45) is 5.10 Å². The average molecular weight is 425 g/mol. The number of rotatable bonds is 6. The molecule has 1 saturated heterocycles. The highest BCUT2D eigenvalue weighted by atomic mass is 32.2. The average Bonchev–Trinajstić information content (AvgIpc) is 3.25. The van der Waals surface area contributed by atoms with Crippen LogP contribution in [-0.2, 0) is 24.5 Å². The topological polar surface area (TPSA) is 99.2 Å². The molecule has 152 valence electrons. The van der Waals surface area contributed by atoms with Crippen molar-refractivity contribution in [1.29, 1.82) is 0 Å². The summed E-state index contributed by atoms with van der Waals surface area (Å²) < 4.78 is 25.6. The fourth-order valence-electron chi connectivity index (χ4n) is 3.33. The molecule has 2 heterocycles. The highest BCUT2D eigenvalue weighted by molar-refractivity contribution is 8.14. The van der Waals surface area contributed by atoms with E-state index in [1.54, 1.807) is 11.8 Å². The minimum absolute atomic E-state index is 0.00623. The third-order valence-corrected chi connectivity index (χ3v) is 6.85. The maximum absolute atomic E-state index is 12.8. The van der Waals surface area contributed by atoms with Crippen LogP contribution in [0.2, 0.25) is 0 Å². The molecule has 0 aliphatic carbocycles. The smallest absolute Gasteiger partial charge is 0.244 e. The minimum atomic E-state index is -3.37. The van der Waals surface area contributed by atoms with Gasteiger partial charge >= 0.3 is 0 Å². The van der Waals surface area contributed by atoms with E-state index in [4.69, 9.17) is 0 Å². The Hall–Kier alpha value is -1.91. The molecule has 0 aromatic heterocycles. The van der Waals surface area contributed by atoms with Crippen molar-refractivity contribution in [2.75, 3.05) is 19.3 Å². The molecule has 2 aliphatic rings. The van der Waals surface area contributed by atoms with Crippen LogP contribution in [0.4, 0.5) is 0 Å². The monoisotopic (exact) mass is 424 g/mol. The number of likely N-dealkylation sites (tertiary alicyclic amines) is 1. The van der Waals surface area contributed by atoms with E-state index >= 15 is 0 Å². The first kappa shape index (κ1) is 20.8. The lowest BCUT2D eigenvalue weighted by molar-refractivity contribution is -0.134. The quantitative estimate of drug-likeness (QED) is 0.749. The highest BCUT2D eigenvalue weighted by Gasteiger charge is 2.50. The number of benzene rings is 1. The molecule has 28 heavy (non-hydrogen) atoms. The number of thioether (sulfide) groups is 1. The van der Waals surface area contributed by atoms with Gasteiger partial charge in [-0.1, -0.05) is 49.0 Å². The first-order valence-electron chi connectivity index (χ1n) is 9.18. The Morgan fingerprint density at radius 2 is 2.04 bits per heavy atom. The number of nitrogens with zero attached hydrogens (tertiary/aromatic N) is 3. The molecular formula is C18H24N4O4S2. The maximum Gasteiger partial charge on any atom is 0.244 e. The van der Waals surface area contributed by atoms with Crippen molar-refractivity contribution in [3.05, 3.63) is 35.9 Å². The van der Waals surface area contributed by atoms with Gasteiger partial charge in [-0.05, 0) is 12.0 Å². The number of hydrogen-bond donors (Lipinski definition) is 1. The molecule has 1 fully saturated rings. The lowest BCUT2D eigenvalue weighted by Gasteiger charge is -2.35. The molecular weight excluding hydrogens is 400 g/mol. The molecule has 10 heteroatoms. The molecule has 1 atom stereocenters. The van der Waals surface area contributed by atoms with Crippen LogP contribution in [0.3, 0.4) is 0 Å². The fourth-order valence-corrected chi connectivity index (χ4v) is 5.22. The second-order valence-corrected chi connectivity index (χ2v) is 9.84. The summed E-state index contributed by atoms with van der Waals surface area (Å²) in [6.07, 6.45) is 2.89. The molecule has 2 aliphatic heterocycles. The number of hydrazone groups is 1. The lowest BCUT2D eigenvalue weighted by Crippen LogP contribution is -2.43. The zero-order valence-corrected chi connectivity index (χ0v) is 17.6. The van der Waals surface area contributed by atoms with Crippen LogP contribution in [0.25, 0.3) is 0 Å². The van der Waals surface area contributed by atoms with E-state index in [9.17, 15) is 18.0 Å². The van der Waals surface area contributed by atoms with Gasteiger partial charge in [-0.3, -0.25) is 14.5 Å². The van der Waals surface area contributed by atoms with Crippen molar-refractivity contribution in [2.45, 2.75) is 37.5 Å². The Bertz CT molecular complexity index is 888. The number of sulfonamides is 1. The first-order chi connectivity index (χ1) is 13.3. The zero-order valence-electron chi connectivity index (χ0n) is 15.9. The molecule has 0 unspecified atom stereocenters. The van der Waals surface area contributed by atoms with Crippen molar-refractivity contribution < 1.29 is 18.0 Å². The maximum atomic E-state index is 12.8. The van der Waals surface area contributed by atoms with Crippen LogP contribution in [0.15, 0.2) is 35.4 Å². The third kappa shape index (κ3) is 4.23. The number of nitrogens with one attached hydrogen (secondary N) is 1. The van der Waals surface area contributed by atoms with Gasteiger partial charge in [0, 0.05) is 32.4 Å². The first-order valence-corrected chi connectivity index (χ1v) is 11.9. The molecule has 8 nitrogen and oxygen atoms in total. The predicted molar refractivity (Wildman–Crippen MR) is 109 cm³/mol. The van der Waals surface area contributed by atoms with E-state index in [1.165, 1.54) is 16.8 Å². The predicted octanol–water partition coefficient (Wildman–Crippen LogP) is 1.66. The summed E-state index contributed by atoms with van der Waals surface area (Å²) in [5.41, 5.74) is 0.836. The Kier molecular flexibility index (Phi) is 6.11. The summed E-state index contributed by atoms with van der Waals surface area (Å²) in [5, 5.41) is 6.45. The largest absolute Gasteiger partial charge is 0.290 e. The van der Waals surface area contributed by atoms with Crippen LogP contribution in [-0.4, -0.2) is 54.7 Å². The van der Waals surface area contributed by atoms with Crippen LogP contribution < -0.4 is 4.72 Å². The Labute approximate surface area is 169 Å². The van der Waals surface area contributed by atoms with E-state index in [-0.39, 0.29) is 24.8 Å². The number of carbonyl (C=O) groups is 2. The Morgan fingerprint density at radius 1 is 1.32 bits per heavy atom. The second kappa shape index (κ2) is 8.22. The number of amidine groups is 1. The number of hydrogen-bond acceptors (Lipinski definition) is 6. The third-order valence-electron chi connectivity index (χ3n) is 4.68. The van der Waals surface area contributed by atoms with E-state index in [2.05, 4.69) is 9.82 Å². The number of carbonyl (C=O) groups excluding carboxylic acids is 2. The van der Waals surface area contributed by atoms with E-state index in [0.29, 0.717) is 24.6 Å². The Morgan fingerprint density at radius 3 is 2.61 bits per heavy atom. The van der Waals surface area contributed by atoms with Gasteiger partial charge in [0.05, 0.1) is 6.26 Å². The summed E-state index contributed by atoms with van der Waals surface area (Å²) in [6.45, 7) is 2.47. The minimum Gasteiger partial charge on any atom is -0.290 e. The van der Waals surface area contributed by atoms with E-state index in [1.807, 2.05) is 30.3 Å². The van der Waals surface area contributed by atoms with Gasteiger partial charge in [0.15, 0.2) is 5.17 Å². The van der Waals surface area contributed by atoms with Gasteiger partial charge in [0.1, 0.15) is 4.87 Å². The summed E-state index contributed by atoms with van der Waals surface area (Å²) in [7, 11) is -3.37. The molecule has 3 rings (SSSR count). The van der Waals surface area contributed by atoms with Gasteiger partial charge < -0.3 is 0 Å². The standard InChI is InChI=1S/C18H24N4O4S2/c1-3-15(23)22-18(11-12-19-28(2,25)26,14-8-5-4-6-9-14)27-17(20-22)21-13-7-10-16(21)24/h4-6,8-9,19H,3,7,10-13H2,1-2H3/t18-/m0/s1. The van der Waals surface area contributed by atoms with Gasteiger partial charge in [0.25, 0.3) is 0 Å². The van der Waals surface area contributed by atoms with Crippen LogP contribution >= 0.6 is 11.8 Å². The highest BCUT2D eigenvalue weighted by Crippen LogP contribution is 2.49. The van der Waals surface area contributed by atoms with Gasteiger partial charge in [0.2, 0.25) is 21.8 Å². The van der Waals surface area contributed by atoms with Gasteiger partial charge in [-0.2, -0.15) is 0 Å². The normalized spacial score (nSPS) is 22.6. The molecule has 1 N–H and O–H groups in total. The fraction of sp³-hybridized carbons (Fsp3) is 0.500. The molecule has 0 saturated carbocycles. The van der Waals surface area contributed by atoms with Gasteiger partial charge in [-0.15, -0.1) is 5.10 Å². The van der Waals surface area contributed by atoms with Crippen LogP contribution in [0.1, 0.15) is 38.2 Å². The van der Waals surface area contributed by atoms with Crippen molar-refractivity contribution in [1.82, 2.24) is 14.6 Å². The SMILES string of the molecule is CCC(=O)N1N=C(N2CCCC2=O)S[C@@]1(CCNS(C)(=O)=O)c1ccccc1. The number of amides is 2. The van der Waals surface area contributed by atoms with E-state index in [0.717, 1.165) is 18.2 Å². The molecule has 2 amide bonds. The summed E-state index contributed by atoms with van der Waals surface area (Å²) in [5.74, 6) is -0.189. The van der Waals surface area contributed by atoms with E-state index < -0.39 is 14.9 Å². The van der Waals surface area contributed by atoms with Crippen LogP contribution in [0, 0.1) is 0 Å².